The highest BCUT2D eigenvalue weighted by Crippen LogP contribution is 2.28. The molecule has 0 aliphatic carbocycles. The minimum Gasteiger partial charge on any atom is -0.508 e. The molecule has 0 unspecified atom stereocenters. The summed E-state index contributed by atoms with van der Waals surface area (Å²) in [4.78, 5) is 0. The van der Waals surface area contributed by atoms with E-state index in [9.17, 15) is 5.11 Å². The van der Waals surface area contributed by atoms with Crippen LogP contribution >= 0.6 is 0 Å². The van der Waals surface area contributed by atoms with Gasteiger partial charge in [0.1, 0.15) is 5.75 Å². The first-order valence-corrected chi connectivity index (χ1v) is 4.42. The Morgan fingerprint density at radius 2 is 2.17 bits per heavy atom. The van der Waals surface area contributed by atoms with Crippen molar-refractivity contribution in [3.63, 3.8) is 0 Å². The van der Waals surface area contributed by atoms with Crippen molar-refractivity contribution in [2.75, 3.05) is 11.9 Å². The molecule has 2 nitrogen and oxygen atoms in total. The Bertz CT molecular complexity index is 283. The van der Waals surface area contributed by atoms with Crippen LogP contribution in [0.15, 0.2) is 18.2 Å². The first-order valence-electron chi connectivity index (χ1n) is 4.42. The molecule has 0 amide bonds. The molecule has 1 aliphatic rings. The van der Waals surface area contributed by atoms with Gasteiger partial charge in [0.15, 0.2) is 0 Å². The summed E-state index contributed by atoms with van der Waals surface area (Å²) in [5, 5.41) is 12.8. The maximum atomic E-state index is 9.54. The smallest absolute Gasteiger partial charge is 0.120 e. The third-order valence-corrected chi connectivity index (χ3v) is 2.32. The number of phenols is 1. The number of fused-ring (bicyclic) bond motifs is 1. The topological polar surface area (TPSA) is 32.3 Å². The largest absolute Gasteiger partial charge is 0.508 e. The maximum Gasteiger partial charge on any atom is 0.120 e. The predicted molar refractivity (Wildman–Crippen MR) is 49.5 cm³/mol. The van der Waals surface area contributed by atoms with E-state index in [0.717, 1.165) is 30.6 Å². The Morgan fingerprint density at radius 3 is 3.08 bits per heavy atom. The lowest BCUT2D eigenvalue weighted by Crippen LogP contribution is -1.98. The second kappa shape index (κ2) is 3.05. The fourth-order valence-corrected chi connectivity index (χ4v) is 1.65. The lowest BCUT2D eigenvalue weighted by Gasteiger charge is -2.07. The third-order valence-electron chi connectivity index (χ3n) is 2.32. The van der Waals surface area contributed by atoms with Gasteiger partial charge in [-0.25, -0.2) is 0 Å². The summed E-state index contributed by atoms with van der Waals surface area (Å²) in [6, 6.07) is 5.67. The molecule has 12 heavy (non-hydrogen) atoms. The maximum absolute atomic E-state index is 9.54. The van der Waals surface area contributed by atoms with Gasteiger partial charge in [-0.3, -0.25) is 0 Å². The SMILES string of the molecule is Oc1cccc2c1CCCCN2. The van der Waals surface area contributed by atoms with Gasteiger partial charge in [-0.2, -0.15) is 0 Å². The molecule has 0 fully saturated rings. The Balaban J connectivity index is 2.42. The molecule has 1 heterocycles. The molecule has 0 saturated carbocycles. The zero-order valence-electron chi connectivity index (χ0n) is 7.01. The minimum atomic E-state index is 0.432. The van der Waals surface area contributed by atoms with Crippen molar-refractivity contribution in [3.8, 4) is 5.75 Å². The van der Waals surface area contributed by atoms with Gasteiger partial charge in [0.05, 0.1) is 0 Å². The van der Waals surface area contributed by atoms with E-state index in [-0.39, 0.29) is 0 Å². The zero-order chi connectivity index (χ0) is 8.39. The Morgan fingerprint density at radius 1 is 1.25 bits per heavy atom. The van der Waals surface area contributed by atoms with Crippen molar-refractivity contribution < 1.29 is 5.11 Å². The number of phenolic OH excluding ortho intramolecular Hbond substituents is 1. The summed E-state index contributed by atoms with van der Waals surface area (Å²) < 4.78 is 0. The molecule has 1 aliphatic heterocycles. The molecule has 1 aromatic rings. The van der Waals surface area contributed by atoms with Crippen LogP contribution in [-0.2, 0) is 6.42 Å². The van der Waals surface area contributed by atoms with Gasteiger partial charge >= 0.3 is 0 Å². The zero-order valence-corrected chi connectivity index (χ0v) is 7.01. The first-order chi connectivity index (χ1) is 5.88. The van der Waals surface area contributed by atoms with E-state index in [0.29, 0.717) is 5.75 Å². The van der Waals surface area contributed by atoms with Gasteiger partial charge in [0.25, 0.3) is 0 Å². The van der Waals surface area contributed by atoms with Crippen LogP contribution in [0.5, 0.6) is 5.75 Å². The highest BCUT2D eigenvalue weighted by atomic mass is 16.3. The second-order valence-corrected chi connectivity index (χ2v) is 3.19. The fourth-order valence-electron chi connectivity index (χ4n) is 1.65. The molecule has 2 N–H and O–H groups in total. The highest BCUT2D eigenvalue weighted by Gasteiger charge is 2.09. The Labute approximate surface area is 72.2 Å². The predicted octanol–water partition coefficient (Wildman–Crippen LogP) is 2.14. The van der Waals surface area contributed by atoms with Crippen LogP contribution in [0, 0.1) is 0 Å². The standard InChI is InChI=1S/C10H13NO/c12-10-6-3-5-9-8(10)4-1-2-7-11-9/h3,5-6,11-12H,1-2,4,7H2. The number of hydrogen-bond acceptors (Lipinski definition) is 2. The Kier molecular flexibility index (Phi) is 1.90. The lowest BCUT2D eigenvalue weighted by molar-refractivity contribution is 0.468. The van der Waals surface area contributed by atoms with Crippen molar-refractivity contribution in [2.24, 2.45) is 0 Å². The number of rotatable bonds is 0. The summed E-state index contributed by atoms with van der Waals surface area (Å²) in [5.41, 5.74) is 2.18. The molecular weight excluding hydrogens is 150 g/mol. The van der Waals surface area contributed by atoms with E-state index >= 15 is 0 Å². The number of hydrogen-bond donors (Lipinski definition) is 2. The van der Waals surface area contributed by atoms with Gasteiger partial charge < -0.3 is 10.4 Å². The van der Waals surface area contributed by atoms with Crippen LogP contribution in [0.25, 0.3) is 0 Å². The number of nitrogens with one attached hydrogen (secondary N) is 1. The van der Waals surface area contributed by atoms with Crippen LogP contribution in [0.4, 0.5) is 5.69 Å². The molecule has 0 bridgehead atoms. The van der Waals surface area contributed by atoms with Gasteiger partial charge in [-0.1, -0.05) is 6.07 Å². The molecule has 1 aromatic carbocycles. The van der Waals surface area contributed by atoms with E-state index in [2.05, 4.69) is 5.32 Å². The van der Waals surface area contributed by atoms with E-state index in [1.807, 2.05) is 12.1 Å². The summed E-state index contributed by atoms with van der Waals surface area (Å²) in [6.07, 6.45) is 3.35. The monoisotopic (exact) mass is 163 g/mol. The van der Waals surface area contributed by atoms with Crippen molar-refractivity contribution in [2.45, 2.75) is 19.3 Å². The lowest BCUT2D eigenvalue weighted by atomic mass is 10.1. The molecule has 0 aromatic heterocycles. The molecule has 0 radical (unpaired) electrons. The van der Waals surface area contributed by atoms with Crippen LogP contribution < -0.4 is 5.32 Å². The normalized spacial score (nSPS) is 16.0. The van der Waals surface area contributed by atoms with E-state index < -0.39 is 0 Å². The van der Waals surface area contributed by atoms with Gasteiger partial charge in [0, 0.05) is 17.8 Å². The average molecular weight is 163 g/mol. The van der Waals surface area contributed by atoms with E-state index in [1.54, 1.807) is 6.07 Å². The summed E-state index contributed by atoms with van der Waals surface area (Å²) >= 11 is 0. The molecule has 0 saturated heterocycles. The minimum absolute atomic E-state index is 0.432. The molecule has 64 valence electrons. The first kappa shape index (κ1) is 7.47. The summed E-state index contributed by atoms with van der Waals surface area (Å²) in [7, 11) is 0. The number of benzene rings is 1. The molecule has 2 rings (SSSR count). The van der Waals surface area contributed by atoms with Gasteiger partial charge in [-0.15, -0.1) is 0 Å². The summed E-state index contributed by atoms with van der Waals surface area (Å²) in [5.74, 6) is 0.432. The van der Waals surface area contributed by atoms with Crippen LogP contribution in [0.1, 0.15) is 18.4 Å². The van der Waals surface area contributed by atoms with E-state index in [1.165, 1.54) is 6.42 Å². The molecule has 0 spiro atoms. The van der Waals surface area contributed by atoms with Crippen LogP contribution in [0.2, 0.25) is 0 Å². The summed E-state index contributed by atoms with van der Waals surface area (Å²) in [6.45, 7) is 1.02. The average Bonchev–Trinajstić information content (AvgIpc) is 2.30. The van der Waals surface area contributed by atoms with Crippen molar-refractivity contribution in [1.82, 2.24) is 0 Å². The fraction of sp³-hybridized carbons (Fsp3) is 0.400. The second-order valence-electron chi connectivity index (χ2n) is 3.19. The van der Waals surface area contributed by atoms with Crippen molar-refractivity contribution >= 4 is 5.69 Å². The van der Waals surface area contributed by atoms with Gasteiger partial charge in [-0.05, 0) is 31.4 Å². The number of anilines is 1. The van der Waals surface area contributed by atoms with Crippen LogP contribution in [-0.4, -0.2) is 11.7 Å². The molecular formula is C10H13NO. The highest BCUT2D eigenvalue weighted by molar-refractivity contribution is 5.57. The molecule has 2 heteroatoms. The Hall–Kier alpha value is -1.18. The van der Waals surface area contributed by atoms with Gasteiger partial charge in [0.2, 0.25) is 0 Å². The quantitative estimate of drug-likeness (QED) is 0.614. The van der Waals surface area contributed by atoms with Crippen LogP contribution in [0.3, 0.4) is 0 Å². The van der Waals surface area contributed by atoms with E-state index in [4.69, 9.17) is 0 Å². The van der Waals surface area contributed by atoms with Crippen molar-refractivity contribution in [1.29, 1.82) is 0 Å². The third kappa shape index (κ3) is 1.24. The number of aromatic hydroxyl groups is 1. The van der Waals surface area contributed by atoms with Crippen molar-refractivity contribution in [3.05, 3.63) is 23.8 Å². The molecule has 0 atom stereocenters.